The van der Waals surface area contributed by atoms with Crippen molar-refractivity contribution < 1.29 is 9.53 Å². The SMILES string of the molecule is Cc1cc(C)n(CC2CN(C(=O)c3cc(N)ccc3C)CCO2)n1.Cl.Cl. The van der Waals surface area contributed by atoms with Gasteiger partial charge in [-0.05, 0) is 44.5 Å². The molecule has 1 unspecified atom stereocenters. The number of nitrogen functional groups attached to an aromatic ring is 1. The third kappa shape index (κ3) is 4.90. The van der Waals surface area contributed by atoms with Crippen molar-refractivity contribution >= 4 is 36.4 Å². The topological polar surface area (TPSA) is 73.4 Å². The summed E-state index contributed by atoms with van der Waals surface area (Å²) >= 11 is 0. The van der Waals surface area contributed by atoms with Crippen LogP contribution in [0.1, 0.15) is 27.3 Å². The molecule has 1 aromatic carbocycles. The number of aromatic nitrogens is 2. The fourth-order valence-electron chi connectivity index (χ4n) is 3.11. The van der Waals surface area contributed by atoms with Crippen LogP contribution in [0.15, 0.2) is 24.3 Å². The minimum absolute atomic E-state index is 0. The van der Waals surface area contributed by atoms with Gasteiger partial charge >= 0.3 is 0 Å². The van der Waals surface area contributed by atoms with Crippen molar-refractivity contribution in [2.24, 2.45) is 0 Å². The van der Waals surface area contributed by atoms with E-state index in [0.29, 0.717) is 37.5 Å². The lowest BCUT2D eigenvalue weighted by Gasteiger charge is -2.33. The van der Waals surface area contributed by atoms with E-state index in [9.17, 15) is 4.79 Å². The number of halogens is 2. The molecule has 1 saturated heterocycles. The number of hydrogen-bond acceptors (Lipinski definition) is 4. The van der Waals surface area contributed by atoms with Crippen LogP contribution >= 0.6 is 24.8 Å². The molecule has 0 spiro atoms. The number of benzene rings is 1. The highest BCUT2D eigenvalue weighted by Gasteiger charge is 2.26. The number of anilines is 1. The predicted molar refractivity (Wildman–Crippen MR) is 107 cm³/mol. The van der Waals surface area contributed by atoms with Crippen LogP contribution < -0.4 is 5.73 Å². The van der Waals surface area contributed by atoms with E-state index >= 15 is 0 Å². The number of carbonyl (C=O) groups excluding carboxylic acids is 1. The van der Waals surface area contributed by atoms with Crippen LogP contribution in [0.5, 0.6) is 0 Å². The first kappa shape index (κ1) is 22.3. The average molecular weight is 401 g/mol. The van der Waals surface area contributed by atoms with Gasteiger partial charge in [-0.3, -0.25) is 9.48 Å². The Morgan fingerprint density at radius 1 is 1.27 bits per heavy atom. The van der Waals surface area contributed by atoms with Crippen LogP contribution in [0, 0.1) is 20.8 Å². The first-order valence-corrected chi connectivity index (χ1v) is 8.22. The van der Waals surface area contributed by atoms with E-state index < -0.39 is 0 Å². The Kier molecular flexibility index (Phi) is 7.93. The molecule has 0 aliphatic carbocycles. The van der Waals surface area contributed by atoms with Gasteiger partial charge in [0.15, 0.2) is 0 Å². The number of nitrogens with zero attached hydrogens (tertiary/aromatic N) is 3. The minimum Gasteiger partial charge on any atom is -0.399 e. The molecule has 2 N–H and O–H groups in total. The molecule has 0 bridgehead atoms. The first-order valence-electron chi connectivity index (χ1n) is 8.22. The molecule has 1 atom stereocenters. The molecule has 0 saturated carbocycles. The molecule has 1 amide bonds. The highest BCUT2D eigenvalue weighted by atomic mass is 35.5. The molecule has 3 rings (SSSR count). The Labute approximate surface area is 166 Å². The third-order valence-corrected chi connectivity index (χ3v) is 4.40. The molecule has 6 nitrogen and oxygen atoms in total. The molecule has 1 aromatic heterocycles. The maximum atomic E-state index is 12.8. The summed E-state index contributed by atoms with van der Waals surface area (Å²) in [7, 11) is 0. The fourth-order valence-corrected chi connectivity index (χ4v) is 3.11. The Morgan fingerprint density at radius 2 is 2.00 bits per heavy atom. The molecule has 1 aliphatic heterocycles. The maximum Gasteiger partial charge on any atom is 0.254 e. The highest BCUT2D eigenvalue weighted by Crippen LogP contribution is 2.18. The van der Waals surface area contributed by atoms with Crippen LogP contribution in [0.3, 0.4) is 0 Å². The Hall–Kier alpha value is -1.76. The number of morpholine rings is 1. The summed E-state index contributed by atoms with van der Waals surface area (Å²) in [6.45, 7) is 8.29. The molecule has 26 heavy (non-hydrogen) atoms. The Balaban J connectivity index is 0.00000169. The average Bonchev–Trinajstić information content (AvgIpc) is 2.87. The Bertz CT molecular complexity index is 764. The largest absolute Gasteiger partial charge is 0.399 e. The molecule has 144 valence electrons. The van der Waals surface area contributed by atoms with E-state index in [-0.39, 0.29) is 36.8 Å². The van der Waals surface area contributed by atoms with Gasteiger partial charge in [0.2, 0.25) is 0 Å². The highest BCUT2D eigenvalue weighted by molar-refractivity contribution is 5.96. The number of nitrogens with two attached hydrogens (primary N) is 1. The Morgan fingerprint density at radius 3 is 2.65 bits per heavy atom. The summed E-state index contributed by atoms with van der Waals surface area (Å²) in [6, 6.07) is 7.50. The molecular formula is C18H26Cl2N4O2. The van der Waals surface area contributed by atoms with E-state index in [4.69, 9.17) is 10.5 Å². The third-order valence-electron chi connectivity index (χ3n) is 4.40. The van der Waals surface area contributed by atoms with Crippen molar-refractivity contribution in [3.63, 3.8) is 0 Å². The van der Waals surface area contributed by atoms with Gasteiger partial charge in [0, 0.05) is 30.0 Å². The van der Waals surface area contributed by atoms with E-state index in [2.05, 4.69) is 5.10 Å². The van der Waals surface area contributed by atoms with E-state index in [0.717, 1.165) is 17.0 Å². The van der Waals surface area contributed by atoms with Gasteiger partial charge in [-0.15, -0.1) is 24.8 Å². The van der Waals surface area contributed by atoms with Crippen molar-refractivity contribution in [2.45, 2.75) is 33.4 Å². The van der Waals surface area contributed by atoms with Crippen LogP contribution in [0.2, 0.25) is 0 Å². The molecule has 1 fully saturated rings. The lowest BCUT2D eigenvalue weighted by atomic mass is 10.1. The van der Waals surface area contributed by atoms with Crippen molar-refractivity contribution in [3.8, 4) is 0 Å². The first-order chi connectivity index (χ1) is 11.4. The second kappa shape index (κ2) is 9.26. The normalized spacial score (nSPS) is 16.6. The van der Waals surface area contributed by atoms with Gasteiger partial charge in [-0.25, -0.2) is 0 Å². The fraction of sp³-hybridized carbons (Fsp3) is 0.444. The zero-order valence-electron chi connectivity index (χ0n) is 15.3. The lowest BCUT2D eigenvalue weighted by Crippen LogP contribution is -2.47. The number of carbonyl (C=O) groups is 1. The molecule has 8 heteroatoms. The van der Waals surface area contributed by atoms with Crippen LogP contribution in [0.4, 0.5) is 5.69 Å². The summed E-state index contributed by atoms with van der Waals surface area (Å²) in [5.74, 6) is 0.0152. The summed E-state index contributed by atoms with van der Waals surface area (Å²) < 4.78 is 7.78. The van der Waals surface area contributed by atoms with Crippen LogP contribution in [0.25, 0.3) is 0 Å². The molecular weight excluding hydrogens is 375 g/mol. The van der Waals surface area contributed by atoms with Crippen molar-refractivity contribution in [3.05, 3.63) is 46.8 Å². The summed E-state index contributed by atoms with van der Waals surface area (Å²) in [4.78, 5) is 14.7. The minimum atomic E-state index is -0.0536. The number of amides is 1. The van der Waals surface area contributed by atoms with E-state index in [1.165, 1.54) is 0 Å². The van der Waals surface area contributed by atoms with Crippen molar-refractivity contribution in [1.29, 1.82) is 0 Å². The summed E-state index contributed by atoms with van der Waals surface area (Å²) in [5, 5.41) is 4.47. The molecule has 1 aliphatic rings. The van der Waals surface area contributed by atoms with Gasteiger partial charge in [0.05, 0.1) is 24.9 Å². The monoisotopic (exact) mass is 400 g/mol. The van der Waals surface area contributed by atoms with Gasteiger partial charge in [0.25, 0.3) is 5.91 Å². The standard InChI is InChI=1S/C18H24N4O2.2ClH/c1-12-4-5-15(19)9-17(12)18(23)21-6-7-24-16(10-21)11-22-14(3)8-13(2)20-22;;/h4-5,8-9,16H,6-7,10-11,19H2,1-3H3;2*1H. The lowest BCUT2D eigenvalue weighted by molar-refractivity contribution is -0.0302. The van der Waals surface area contributed by atoms with Crippen molar-refractivity contribution in [2.75, 3.05) is 25.4 Å². The summed E-state index contributed by atoms with van der Waals surface area (Å²) in [5.41, 5.74) is 10.1. The molecule has 2 heterocycles. The van der Waals surface area contributed by atoms with Crippen molar-refractivity contribution in [1.82, 2.24) is 14.7 Å². The molecule has 0 radical (unpaired) electrons. The number of rotatable bonds is 3. The second-order valence-electron chi connectivity index (χ2n) is 6.43. The predicted octanol–water partition coefficient (Wildman–Crippen LogP) is 2.78. The zero-order valence-corrected chi connectivity index (χ0v) is 16.9. The van der Waals surface area contributed by atoms with Crippen LogP contribution in [-0.2, 0) is 11.3 Å². The van der Waals surface area contributed by atoms with Gasteiger partial charge in [-0.2, -0.15) is 5.10 Å². The zero-order chi connectivity index (χ0) is 17.3. The van der Waals surface area contributed by atoms with Gasteiger partial charge < -0.3 is 15.4 Å². The van der Waals surface area contributed by atoms with Gasteiger partial charge in [0.1, 0.15) is 0 Å². The number of aryl methyl sites for hydroxylation is 3. The van der Waals surface area contributed by atoms with E-state index in [1.54, 1.807) is 6.07 Å². The quantitative estimate of drug-likeness (QED) is 0.803. The van der Waals surface area contributed by atoms with E-state index in [1.807, 2.05) is 48.6 Å². The molecule has 2 aromatic rings. The number of ether oxygens (including phenoxy) is 1. The second-order valence-corrected chi connectivity index (χ2v) is 6.43. The number of hydrogen-bond donors (Lipinski definition) is 1. The van der Waals surface area contributed by atoms with Gasteiger partial charge in [-0.1, -0.05) is 6.07 Å². The summed E-state index contributed by atoms with van der Waals surface area (Å²) in [6.07, 6.45) is -0.0536. The smallest absolute Gasteiger partial charge is 0.254 e. The maximum absolute atomic E-state index is 12.8. The van der Waals surface area contributed by atoms with Crippen LogP contribution in [-0.4, -0.2) is 46.4 Å².